The molecular weight excluding hydrogens is 216 g/mol. The van der Waals surface area contributed by atoms with Crippen molar-refractivity contribution in [3.63, 3.8) is 0 Å². The van der Waals surface area contributed by atoms with Crippen molar-refractivity contribution in [2.24, 2.45) is 23.2 Å². The lowest BCUT2D eigenvalue weighted by Gasteiger charge is -2.37. The molecule has 18 heavy (non-hydrogen) atoms. The van der Waals surface area contributed by atoms with Crippen molar-refractivity contribution in [1.29, 1.82) is 0 Å². The highest BCUT2D eigenvalue weighted by Crippen LogP contribution is 2.41. The Morgan fingerprint density at radius 3 is 1.89 bits per heavy atom. The lowest BCUT2D eigenvalue weighted by atomic mass is 9.68. The van der Waals surface area contributed by atoms with E-state index in [1.54, 1.807) is 0 Å². The maximum atomic E-state index is 4.41. The van der Waals surface area contributed by atoms with Gasteiger partial charge in [-0.2, -0.15) is 0 Å². The van der Waals surface area contributed by atoms with E-state index in [1.807, 2.05) is 0 Å². The van der Waals surface area contributed by atoms with Crippen LogP contribution in [0.2, 0.25) is 0 Å². The number of rotatable bonds is 10. The Balaban J connectivity index is 4.27. The molecular formula is C18H37. The van der Waals surface area contributed by atoms with Gasteiger partial charge in [0, 0.05) is 0 Å². The van der Waals surface area contributed by atoms with Crippen LogP contribution in [0.4, 0.5) is 0 Å². The van der Waals surface area contributed by atoms with Gasteiger partial charge in [0.05, 0.1) is 0 Å². The lowest BCUT2D eigenvalue weighted by Crippen LogP contribution is -2.27. The van der Waals surface area contributed by atoms with Gasteiger partial charge in [-0.15, -0.1) is 0 Å². The van der Waals surface area contributed by atoms with Crippen LogP contribution in [0, 0.1) is 30.1 Å². The molecule has 0 fully saturated rings. The predicted molar refractivity (Wildman–Crippen MR) is 84.6 cm³/mol. The van der Waals surface area contributed by atoms with Gasteiger partial charge in [0.2, 0.25) is 0 Å². The molecule has 0 saturated carbocycles. The van der Waals surface area contributed by atoms with E-state index in [0.29, 0.717) is 11.3 Å². The van der Waals surface area contributed by atoms with Crippen LogP contribution in [-0.2, 0) is 0 Å². The van der Waals surface area contributed by atoms with E-state index in [2.05, 4.69) is 48.5 Å². The first kappa shape index (κ1) is 18.0. The van der Waals surface area contributed by atoms with Gasteiger partial charge in [0.25, 0.3) is 0 Å². The fourth-order valence-electron chi connectivity index (χ4n) is 3.02. The molecule has 3 unspecified atom stereocenters. The molecule has 0 aliphatic heterocycles. The molecule has 109 valence electrons. The minimum atomic E-state index is 0.529. The van der Waals surface area contributed by atoms with Crippen molar-refractivity contribution < 1.29 is 0 Å². The fraction of sp³-hybridized carbons (Fsp3) is 0.944. The first-order valence-electron chi connectivity index (χ1n) is 8.26. The number of hydrogen-bond donors (Lipinski definition) is 0. The second-order valence-corrected chi connectivity index (χ2v) is 6.66. The van der Waals surface area contributed by atoms with Crippen molar-refractivity contribution in [2.45, 2.75) is 86.5 Å². The molecule has 0 heteroatoms. The van der Waals surface area contributed by atoms with Crippen LogP contribution in [0.25, 0.3) is 0 Å². The van der Waals surface area contributed by atoms with E-state index in [-0.39, 0.29) is 0 Å². The third-order valence-electron chi connectivity index (χ3n) is 5.48. The maximum absolute atomic E-state index is 4.41. The zero-order chi connectivity index (χ0) is 14.2. The van der Waals surface area contributed by atoms with Crippen molar-refractivity contribution in [3.05, 3.63) is 6.92 Å². The molecule has 0 aliphatic rings. The van der Waals surface area contributed by atoms with Crippen molar-refractivity contribution in [2.75, 3.05) is 0 Å². The third kappa shape index (κ3) is 5.76. The van der Waals surface area contributed by atoms with Crippen molar-refractivity contribution >= 4 is 0 Å². The molecule has 0 rings (SSSR count). The lowest BCUT2D eigenvalue weighted by molar-refractivity contribution is 0.137. The van der Waals surface area contributed by atoms with Crippen LogP contribution in [-0.4, -0.2) is 0 Å². The molecule has 0 aromatic rings. The van der Waals surface area contributed by atoms with Crippen LogP contribution in [0.15, 0.2) is 0 Å². The summed E-state index contributed by atoms with van der Waals surface area (Å²) in [6.45, 7) is 18.6. The van der Waals surface area contributed by atoms with Gasteiger partial charge in [-0.3, -0.25) is 0 Å². The van der Waals surface area contributed by atoms with Crippen LogP contribution < -0.4 is 0 Å². The van der Waals surface area contributed by atoms with Crippen LogP contribution in [0.3, 0.4) is 0 Å². The number of hydrogen-bond acceptors (Lipinski definition) is 0. The Labute approximate surface area is 117 Å². The smallest absolute Gasteiger partial charge is 0.0303 e. The summed E-state index contributed by atoms with van der Waals surface area (Å²) in [6, 6.07) is 0. The summed E-state index contributed by atoms with van der Waals surface area (Å²) in [6.07, 6.45) is 9.23. The summed E-state index contributed by atoms with van der Waals surface area (Å²) in [5.74, 6) is 2.38. The molecule has 0 amide bonds. The largest absolute Gasteiger partial charge is 0.0651 e. The van der Waals surface area contributed by atoms with E-state index in [1.165, 1.54) is 44.9 Å². The first-order valence-corrected chi connectivity index (χ1v) is 8.26. The highest BCUT2D eigenvalue weighted by atomic mass is 14.4. The van der Waals surface area contributed by atoms with E-state index in [0.717, 1.165) is 11.8 Å². The van der Waals surface area contributed by atoms with Gasteiger partial charge in [-0.1, -0.05) is 87.0 Å². The molecule has 0 saturated heterocycles. The minimum Gasteiger partial charge on any atom is -0.0651 e. The quantitative estimate of drug-likeness (QED) is 0.416. The van der Waals surface area contributed by atoms with E-state index < -0.39 is 0 Å². The van der Waals surface area contributed by atoms with E-state index in [4.69, 9.17) is 0 Å². The maximum Gasteiger partial charge on any atom is -0.0303 e. The van der Waals surface area contributed by atoms with Crippen LogP contribution in [0.1, 0.15) is 86.5 Å². The fourth-order valence-corrected chi connectivity index (χ4v) is 3.02. The van der Waals surface area contributed by atoms with Crippen LogP contribution in [0.5, 0.6) is 0 Å². The van der Waals surface area contributed by atoms with Crippen molar-refractivity contribution in [3.8, 4) is 0 Å². The topological polar surface area (TPSA) is 0 Å². The summed E-state index contributed by atoms with van der Waals surface area (Å²) in [7, 11) is 0. The molecule has 0 aliphatic carbocycles. The average Bonchev–Trinajstić information content (AvgIpc) is 2.40. The molecule has 0 spiro atoms. The molecule has 1 radical (unpaired) electrons. The normalized spacial score (nSPS) is 17.5. The molecule has 0 bridgehead atoms. The Kier molecular flexibility index (Phi) is 8.99. The summed E-state index contributed by atoms with van der Waals surface area (Å²) in [5.41, 5.74) is 0.529. The van der Waals surface area contributed by atoms with E-state index >= 15 is 0 Å². The Morgan fingerprint density at radius 1 is 0.944 bits per heavy atom. The van der Waals surface area contributed by atoms with Gasteiger partial charge in [-0.05, 0) is 29.6 Å². The summed E-state index contributed by atoms with van der Waals surface area (Å²) in [4.78, 5) is 0. The highest BCUT2D eigenvalue weighted by Gasteiger charge is 2.30. The SMILES string of the molecule is [CH2]C(CCC(C)CC)CC(CC)C(C)(CC)CC. The van der Waals surface area contributed by atoms with Gasteiger partial charge in [0.15, 0.2) is 0 Å². The van der Waals surface area contributed by atoms with Crippen molar-refractivity contribution in [1.82, 2.24) is 0 Å². The van der Waals surface area contributed by atoms with Gasteiger partial charge >= 0.3 is 0 Å². The predicted octanol–water partition coefficient (Wildman–Crippen LogP) is 6.51. The molecule has 3 atom stereocenters. The Hall–Kier alpha value is 0. The van der Waals surface area contributed by atoms with Gasteiger partial charge < -0.3 is 0 Å². The zero-order valence-electron chi connectivity index (χ0n) is 13.9. The zero-order valence-corrected chi connectivity index (χ0v) is 13.9. The summed E-state index contributed by atoms with van der Waals surface area (Å²) in [5, 5.41) is 0. The van der Waals surface area contributed by atoms with Crippen LogP contribution >= 0.6 is 0 Å². The third-order valence-corrected chi connectivity index (χ3v) is 5.48. The monoisotopic (exact) mass is 253 g/mol. The average molecular weight is 253 g/mol. The second-order valence-electron chi connectivity index (χ2n) is 6.66. The Morgan fingerprint density at radius 2 is 1.50 bits per heavy atom. The van der Waals surface area contributed by atoms with Gasteiger partial charge in [0.1, 0.15) is 0 Å². The molecule has 0 aromatic heterocycles. The molecule has 0 heterocycles. The first-order chi connectivity index (χ1) is 8.43. The molecule has 0 N–H and O–H groups in total. The second kappa shape index (κ2) is 8.99. The highest BCUT2D eigenvalue weighted by molar-refractivity contribution is 4.82. The Bertz CT molecular complexity index is 190. The van der Waals surface area contributed by atoms with E-state index in [9.17, 15) is 0 Å². The standard InChI is InChI=1S/C18H37/c1-8-15(5)12-13-16(6)14-17(9-2)18(7,10-3)11-4/h15-17H,6,8-14H2,1-5,7H3. The molecule has 0 aromatic carbocycles. The minimum absolute atomic E-state index is 0.529. The summed E-state index contributed by atoms with van der Waals surface area (Å²) < 4.78 is 0. The van der Waals surface area contributed by atoms with Gasteiger partial charge in [-0.25, -0.2) is 0 Å². The summed E-state index contributed by atoms with van der Waals surface area (Å²) >= 11 is 0. The molecule has 0 nitrogen and oxygen atoms in total.